The van der Waals surface area contributed by atoms with E-state index >= 15 is 0 Å². The van der Waals surface area contributed by atoms with Crippen molar-refractivity contribution >= 4 is 58.3 Å². The lowest BCUT2D eigenvalue weighted by atomic mass is 10.1. The highest BCUT2D eigenvalue weighted by Crippen LogP contribution is 2.30. The molecule has 1 heterocycles. The number of carboxylic acid groups (broad SMARTS) is 1. The van der Waals surface area contributed by atoms with Gasteiger partial charge in [0.1, 0.15) is 10.7 Å². The number of methoxy groups -OCH3 is 1. The largest absolute Gasteiger partial charge is 0.478 e. The van der Waals surface area contributed by atoms with Gasteiger partial charge in [-0.15, -0.1) is 0 Å². The van der Waals surface area contributed by atoms with E-state index in [-0.39, 0.29) is 27.5 Å². The zero-order chi connectivity index (χ0) is 26.7. The summed E-state index contributed by atoms with van der Waals surface area (Å²) < 4.78 is 4.64. The number of hydrogen-bond acceptors (Lipinski definition) is 7. The zero-order valence-electron chi connectivity index (χ0n) is 19.2. The summed E-state index contributed by atoms with van der Waals surface area (Å²) in [6.07, 6.45) is 0. The topological polar surface area (TPSA) is 142 Å². The van der Waals surface area contributed by atoms with Crippen molar-refractivity contribution < 1.29 is 33.8 Å². The van der Waals surface area contributed by atoms with Crippen molar-refractivity contribution in [2.75, 3.05) is 22.6 Å². The molecule has 186 valence electrons. The Kier molecular flexibility index (Phi) is 7.03. The molecule has 3 aromatic rings. The Balaban J connectivity index is 1.51. The van der Waals surface area contributed by atoms with Gasteiger partial charge in [0, 0.05) is 16.9 Å². The molecule has 0 saturated carbocycles. The quantitative estimate of drug-likeness (QED) is 0.315. The number of amides is 3. The third-order valence-electron chi connectivity index (χ3n) is 5.34. The Morgan fingerprint density at radius 2 is 1.51 bits per heavy atom. The van der Waals surface area contributed by atoms with Crippen LogP contribution < -0.4 is 15.5 Å². The molecule has 0 fully saturated rings. The van der Waals surface area contributed by atoms with E-state index in [0.29, 0.717) is 16.9 Å². The number of aromatic carboxylic acids is 1. The van der Waals surface area contributed by atoms with Crippen molar-refractivity contribution in [3.8, 4) is 0 Å². The molecular formula is C26H18ClN3O7. The number of imide groups is 1. The molecule has 1 aliphatic heterocycles. The maximum absolute atomic E-state index is 13.0. The lowest BCUT2D eigenvalue weighted by Gasteiger charge is -2.15. The fourth-order valence-corrected chi connectivity index (χ4v) is 3.73. The third-order valence-corrected chi connectivity index (χ3v) is 5.69. The van der Waals surface area contributed by atoms with E-state index in [9.17, 15) is 29.1 Å². The van der Waals surface area contributed by atoms with Crippen molar-refractivity contribution in [3.63, 3.8) is 0 Å². The van der Waals surface area contributed by atoms with E-state index in [4.69, 9.17) is 11.6 Å². The second-order valence-corrected chi connectivity index (χ2v) is 8.10. The van der Waals surface area contributed by atoms with Crippen molar-refractivity contribution in [2.45, 2.75) is 0 Å². The third kappa shape index (κ3) is 5.19. The molecule has 0 spiro atoms. The Hall–Kier alpha value is -4.96. The molecule has 0 unspecified atom stereocenters. The number of esters is 1. The first-order chi connectivity index (χ1) is 17.7. The van der Waals surface area contributed by atoms with Crippen LogP contribution in [0.15, 0.2) is 83.5 Å². The molecule has 0 radical (unpaired) electrons. The van der Waals surface area contributed by atoms with Crippen LogP contribution in [0.25, 0.3) is 0 Å². The van der Waals surface area contributed by atoms with E-state index in [0.717, 1.165) is 4.90 Å². The number of rotatable bonds is 7. The Bertz CT molecular complexity index is 1480. The lowest BCUT2D eigenvalue weighted by Crippen LogP contribution is -2.32. The molecule has 3 amide bonds. The first-order valence-electron chi connectivity index (χ1n) is 10.7. The number of anilines is 3. The highest BCUT2D eigenvalue weighted by atomic mass is 35.5. The highest BCUT2D eigenvalue weighted by molar-refractivity contribution is 6.53. The van der Waals surface area contributed by atoms with Crippen LogP contribution in [0.3, 0.4) is 0 Å². The molecule has 1 aliphatic rings. The number of halogens is 1. The summed E-state index contributed by atoms with van der Waals surface area (Å²) in [6, 6.07) is 17.6. The number of hydrogen-bond donors (Lipinski definition) is 3. The zero-order valence-corrected chi connectivity index (χ0v) is 19.9. The van der Waals surface area contributed by atoms with Gasteiger partial charge >= 0.3 is 11.9 Å². The Morgan fingerprint density at radius 3 is 2.19 bits per heavy atom. The van der Waals surface area contributed by atoms with Gasteiger partial charge in [0.2, 0.25) is 0 Å². The van der Waals surface area contributed by atoms with Gasteiger partial charge < -0.3 is 20.5 Å². The Morgan fingerprint density at radius 1 is 0.838 bits per heavy atom. The summed E-state index contributed by atoms with van der Waals surface area (Å²) in [4.78, 5) is 62.0. The molecule has 3 N–H and O–H groups in total. The van der Waals surface area contributed by atoms with Crippen LogP contribution >= 0.6 is 11.6 Å². The van der Waals surface area contributed by atoms with Gasteiger partial charge in [0.25, 0.3) is 17.7 Å². The summed E-state index contributed by atoms with van der Waals surface area (Å²) in [5.74, 6) is -3.78. The van der Waals surface area contributed by atoms with Gasteiger partial charge in [0.05, 0.1) is 23.9 Å². The molecule has 4 rings (SSSR count). The summed E-state index contributed by atoms with van der Waals surface area (Å²) >= 11 is 6.15. The second-order valence-electron chi connectivity index (χ2n) is 7.72. The molecule has 0 aliphatic carbocycles. The van der Waals surface area contributed by atoms with Gasteiger partial charge in [-0.05, 0) is 60.7 Å². The molecule has 11 heteroatoms. The minimum atomic E-state index is -1.21. The van der Waals surface area contributed by atoms with E-state index < -0.39 is 29.7 Å². The average Bonchev–Trinajstić information content (AvgIpc) is 3.11. The number of nitrogens with zero attached hydrogens (tertiary/aromatic N) is 1. The molecule has 10 nitrogen and oxygen atoms in total. The van der Waals surface area contributed by atoms with Crippen LogP contribution in [0.1, 0.15) is 31.1 Å². The lowest BCUT2D eigenvalue weighted by molar-refractivity contribution is -0.120. The minimum absolute atomic E-state index is 0.0520. The number of carbonyl (C=O) groups excluding carboxylic acids is 4. The van der Waals surface area contributed by atoms with E-state index in [1.807, 2.05) is 0 Å². The normalized spacial score (nSPS) is 13.0. The minimum Gasteiger partial charge on any atom is -0.478 e. The summed E-state index contributed by atoms with van der Waals surface area (Å²) in [5.41, 5.74) is 1.05. The first kappa shape index (κ1) is 25.1. The summed E-state index contributed by atoms with van der Waals surface area (Å²) in [6.45, 7) is 0. The number of nitrogens with one attached hydrogen (secondary N) is 2. The average molecular weight is 520 g/mol. The van der Waals surface area contributed by atoms with E-state index in [1.165, 1.54) is 49.6 Å². The van der Waals surface area contributed by atoms with Crippen molar-refractivity contribution in [1.82, 2.24) is 0 Å². The van der Waals surface area contributed by atoms with Crippen LogP contribution in [-0.2, 0) is 14.3 Å². The first-order valence-corrected chi connectivity index (χ1v) is 11.1. The molecule has 0 bridgehead atoms. The standard InChI is InChI=1S/C26H18ClN3O7/c1-37-26(36)14-8-10-17(11-9-14)29-22(31)15-4-2-6-18(12-15)28-21-20(27)23(32)30(24(21)33)19-7-3-5-16(13-19)25(34)35/h2-13,28H,1H3,(H,29,31)(H,34,35). The molecule has 0 aromatic heterocycles. The monoisotopic (exact) mass is 519 g/mol. The van der Waals surface area contributed by atoms with Crippen molar-refractivity contribution in [2.24, 2.45) is 0 Å². The predicted molar refractivity (Wildman–Crippen MR) is 135 cm³/mol. The Labute approximate surface area is 215 Å². The van der Waals surface area contributed by atoms with Crippen LogP contribution in [0, 0.1) is 0 Å². The van der Waals surface area contributed by atoms with Gasteiger partial charge in [-0.2, -0.15) is 0 Å². The molecule has 0 saturated heterocycles. The van der Waals surface area contributed by atoms with Crippen LogP contribution in [0.5, 0.6) is 0 Å². The van der Waals surface area contributed by atoms with Gasteiger partial charge in [-0.3, -0.25) is 14.4 Å². The van der Waals surface area contributed by atoms with Gasteiger partial charge in [0.15, 0.2) is 0 Å². The molecule has 3 aromatic carbocycles. The van der Waals surface area contributed by atoms with Gasteiger partial charge in [-0.25, -0.2) is 14.5 Å². The molecule has 0 atom stereocenters. The highest BCUT2D eigenvalue weighted by Gasteiger charge is 2.39. The molecular weight excluding hydrogens is 502 g/mol. The number of ether oxygens (including phenoxy) is 1. The van der Waals surface area contributed by atoms with Crippen molar-refractivity contribution in [1.29, 1.82) is 0 Å². The second kappa shape index (κ2) is 10.3. The van der Waals surface area contributed by atoms with Gasteiger partial charge in [-0.1, -0.05) is 23.7 Å². The van der Waals surface area contributed by atoms with E-state index in [2.05, 4.69) is 15.4 Å². The number of benzene rings is 3. The SMILES string of the molecule is COC(=O)c1ccc(NC(=O)c2cccc(NC3=C(Cl)C(=O)N(c4cccc(C(=O)O)c4)C3=O)c2)cc1. The smallest absolute Gasteiger partial charge is 0.337 e. The fraction of sp³-hybridized carbons (Fsp3) is 0.0385. The predicted octanol–water partition coefficient (Wildman–Crippen LogP) is 3.86. The van der Waals surface area contributed by atoms with Crippen molar-refractivity contribution in [3.05, 3.63) is 100 Å². The summed E-state index contributed by atoms with van der Waals surface area (Å²) in [7, 11) is 1.27. The maximum Gasteiger partial charge on any atom is 0.337 e. The van der Waals surface area contributed by atoms with Crippen LogP contribution in [0.2, 0.25) is 0 Å². The summed E-state index contributed by atoms with van der Waals surface area (Å²) in [5, 5.41) is 14.3. The maximum atomic E-state index is 13.0. The fourth-order valence-electron chi connectivity index (χ4n) is 3.52. The number of carboxylic acids is 1. The van der Waals surface area contributed by atoms with E-state index in [1.54, 1.807) is 30.3 Å². The molecule has 37 heavy (non-hydrogen) atoms. The number of carbonyl (C=O) groups is 5. The van der Waals surface area contributed by atoms with Crippen LogP contribution in [-0.4, -0.2) is 41.9 Å². The van der Waals surface area contributed by atoms with Crippen LogP contribution in [0.4, 0.5) is 17.1 Å².